The standard InChI is InChI=1S/C19H20N2O6S/c1-26-18(22)16-14(20-9-3-4-10-20)11-15(28-17(16)19(23)27-2)12-5-7-13(8-6-12)21(24)25/h5-8,11,14H,3-4,9-10H2,1-2H3. The van der Waals surface area contributed by atoms with Crippen molar-refractivity contribution >= 4 is 34.3 Å². The van der Waals surface area contributed by atoms with Crippen LogP contribution in [0.2, 0.25) is 0 Å². The normalized spacial score (nSPS) is 19.9. The monoisotopic (exact) mass is 404 g/mol. The Bertz CT molecular complexity index is 856. The van der Waals surface area contributed by atoms with Crippen LogP contribution in [0.15, 0.2) is 40.8 Å². The van der Waals surface area contributed by atoms with Gasteiger partial charge in [-0.1, -0.05) is 11.8 Å². The Labute approximate surface area is 166 Å². The van der Waals surface area contributed by atoms with Gasteiger partial charge in [0.05, 0.1) is 30.8 Å². The number of likely N-dealkylation sites (tertiary alicyclic amines) is 1. The van der Waals surface area contributed by atoms with Crippen molar-refractivity contribution in [2.45, 2.75) is 18.9 Å². The number of carbonyl (C=O) groups is 2. The molecule has 1 aromatic carbocycles. The third-order valence-electron chi connectivity index (χ3n) is 4.73. The lowest BCUT2D eigenvalue weighted by molar-refractivity contribution is -0.384. The van der Waals surface area contributed by atoms with E-state index in [-0.39, 0.29) is 16.2 Å². The predicted molar refractivity (Wildman–Crippen MR) is 104 cm³/mol. The van der Waals surface area contributed by atoms with Gasteiger partial charge in [0, 0.05) is 17.0 Å². The van der Waals surface area contributed by atoms with Crippen LogP contribution in [-0.2, 0) is 19.1 Å². The number of nitrogens with zero attached hydrogens (tertiary/aromatic N) is 2. The lowest BCUT2D eigenvalue weighted by atomic mass is 10.0. The van der Waals surface area contributed by atoms with Crippen LogP contribution in [0.1, 0.15) is 18.4 Å². The summed E-state index contributed by atoms with van der Waals surface area (Å²) in [6.07, 6.45) is 3.93. The quantitative estimate of drug-likeness (QED) is 0.420. The van der Waals surface area contributed by atoms with Gasteiger partial charge in [-0.3, -0.25) is 15.0 Å². The number of hydrogen-bond acceptors (Lipinski definition) is 8. The molecule has 3 rings (SSSR count). The fourth-order valence-corrected chi connectivity index (χ4v) is 4.49. The minimum absolute atomic E-state index is 0.0137. The third-order valence-corrected chi connectivity index (χ3v) is 5.92. The Kier molecular flexibility index (Phi) is 6.15. The molecule has 0 N–H and O–H groups in total. The highest BCUT2D eigenvalue weighted by atomic mass is 32.2. The lowest BCUT2D eigenvalue weighted by Gasteiger charge is -2.31. The van der Waals surface area contributed by atoms with E-state index < -0.39 is 22.9 Å². The maximum absolute atomic E-state index is 12.5. The van der Waals surface area contributed by atoms with E-state index >= 15 is 0 Å². The van der Waals surface area contributed by atoms with Crippen molar-refractivity contribution in [1.29, 1.82) is 0 Å². The largest absolute Gasteiger partial charge is 0.466 e. The Hall–Kier alpha value is -2.65. The number of non-ortho nitro benzene ring substituents is 1. The first-order valence-electron chi connectivity index (χ1n) is 8.75. The average molecular weight is 404 g/mol. The molecule has 1 unspecified atom stereocenters. The van der Waals surface area contributed by atoms with Crippen molar-refractivity contribution in [3.63, 3.8) is 0 Å². The van der Waals surface area contributed by atoms with E-state index in [9.17, 15) is 19.7 Å². The molecule has 8 nitrogen and oxygen atoms in total. The summed E-state index contributed by atoms with van der Waals surface area (Å²) in [6.45, 7) is 1.60. The SMILES string of the molecule is COC(=O)C1=C(C(=O)OC)C(N2CCCC2)C=C(c2ccc([N+](=O)[O-])cc2)S1. The molecule has 0 bridgehead atoms. The van der Waals surface area contributed by atoms with E-state index in [0.29, 0.717) is 0 Å². The summed E-state index contributed by atoms with van der Waals surface area (Å²) in [7, 11) is 2.55. The van der Waals surface area contributed by atoms with Gasteiger partial charge < -0.3 is 9.47 Å². The Balaban J connectivity index is 2.06. The van der Waals surface area contributed by atoms with Gasteiger partial charge in [-0.25, -0.2) is 9.59 Å². The zero-order chi connectivity index (χ0) is 20.3. The second kappa shape index (κ2) is 8.57. The summed E-state index contributed by atoms with van der Waals surface area (Å²) in [6, 6.07) is 5.68. The van der Waals surface area contributed by atoms with Crippen molar-refractivity contribution < 1.29 is 24.0 Å². The van der Waals surface area contributed by atoms with Crippen molar-refractivity contribution in [2.75, 3.05) is 27.3 Å². The maximum atomic E-state index is 12.5. The van der Waals surface area contributed by atoms with Gasteiger partial charge >= 0.3 is 11.9 Å². The van der Waals surface area contributed by atoms with Gasteiger partial charge in [0.2, 0.25) is 0 Å². The molecule has 0 saturated carbocycles. The molecule has 1 fully saturated rings. The average Bonchev–Trinajstić information content (AvgIpc) is 3.26. The minimum atomic E-state index is -0.609. The highest BCUT2D eigenvalue weighted by molar-refractivity contribution is 8.12. The van der Waals surface area contributed by atoms with E-state index in [1.807, 2.05) is 6.08 Å². The number of rotatable bonds is 5. The first kappa shape index (κ1) is 20.1. The number of methoxy groups -OCH3 is 2. The number of hydrogen-bond donors (Lipinski definition) is 0. The number of nitro benzene ring substituents is 1. The summed E-state index contributed by atoms with van der Waals surface area (Å²) in [5.41, 5.74) is 0.984. The highest BCUT2D eigenvalue weighted by Crippen LogP contribution is 2.43. The minimum Gasteiger partial charge on any atom is -0.466 e. The summed E-state index contributed by atoms with van der Waals surface area (Å²) in [5.74, 6) is -1.18. The van der Waals surface area contributed by atoms with Crippen molar-refractivity contribution in [2.24, 2.45) is 0 Å². The summed E-state index contributed by atoms with van der Waals surface area (Å²) in [5, 5.41) is 10.9. The Morgan fingerprint density at radius 3 is 2.25 bits per heavy atom. The molecule has 0 aliphatic carbocycles. The molecule has 28 heavy (non-hydrogen) atoms. The van der Waals surface area contributed by atoms with Crippen molar-refractivity contribution in [1.82, 2.24) is 4.90 Å². The number of thioether (sulfide) groups is 1. The zero-order valence-electron chi connectivity index (χ0n) is 15.5. The Morgan fingerprint density at radius 2 is 1.71 bits per heavy atom. The van der Waals surface area contributed by atoms with Crippen LogP contribution in [-0.4, -0.2) is 55.1 Å². The van der Waals surface area contributed by atoms with E-state index in [0.717, 1.165) is 48.2 Å². The van der Waals surface area contributed by atoms with Gasteiger partial charge in [0.25, 0.3) is 5.69 Å². The van der Waals surface area contributed by atoms with Gasteiger partial charge in [-0.2, -0.15) is 0 Å². The first-order valence-corrected chi connectivity index (χ1v) is 9.57. The molecule has 148 valence electrons. The van der Waals surface area contributed by atoms with Crippen LogP contribution < -0.4 is 0 Å². The smallest absolute Gasteiger partial charge is 0.345 e. The van der Waals surface area contributed by atoms with Gasteiger partial charge in [0.1, 0.15) is 4.91 Å². The van der Waals surface area contributed by atoms with Crippen LogP contribution in [0.3, 0.4) is 0 Å². The zero-order valence-corrected chi connectivity index (χ0v) is 16.4. The third kappa shape index (κ3) is 3.95. The molecule has 0 aromatic heterocycles. The van der Waals surface area contributed by atoms with Crippen LogP contribution in [0.25, 0.3) is 4.91 Å². The second-order valence-electron chi connectivity index (χ2n) is 6.35. The fraction of sp³-hybridized carbons (Fsp3) is 0.368. The van der Waals surface area contributed by atoms with Crippen LogP contribution in [0, 0.1) is 10.1 Å². The number of nitro groups is 1. The molecule has 9 heteroatoms. The number of carbonyl (C=O) groups excluding carboxylic acids is 2. The summed E-state index contributed by atoms with van der Waals surface area (Å²) < 4.78 is 9.84. The summed E-state index contributed by atoms with van der Waals surface area (Å²) >= 11 is 1.11. The van der Waals surface area contributed by atoms with Crippen LogP contribution in [0.4, 0.5) is 5.69 Å². The molecule has 2 aliphatic rings. The molecule has 2 aliphatic heterocycles. The molecular weight excluding hydrogens is 384 g/mol. The van der Waals surface area contributed by atoms with Crippen molar-refractivity contribution in [3.05, 3.63) is 56.5 Å². The summed E-state index contributed by atoms with van der Waals surface area (Å²) in [4.78, 5) is 38.4. The second-order valence-corrected chi connectivity index (χ2v) is 7.40. The molecule has 2 heterocycles. The molecule has 0 spiro atoms. The molecule has 0 radical (unpaired) electrons. The predicted octanol–water partition coefficient (Wildman–Crippen LogP) is 2.75. The van der Waals surface area contributed by atoms with Gasteiger partial charge in [0.15, 0.2) is 0 Å². The van der Waals surface area contributed by atoms with E-state index in [4.69, 9.17) is 9.47 Å². The molecular formula is C19H20N2O6S. The lowest BCUT2D eigenvalue weighted by Crippen LogP contribution is -2.38. The van der Waals surface area contributed by atoms with Gasteiger partial charge in [-0.15, -0.1) is 0 Å². The number of ether oxygens (including phenoxy) is 2. The molecule has 1 saturated heterocycles. The van der Waals surface area contributed by atoms with E-state index in [1.54, 1.807) is 12.1 Å². The highest BCUT2D eigenvalue weighted by Gasteiger charge is 2.37. The van der Waals surface area contributed by atoms with Crippen molar-refractivity contribution in [3.8, 4) is 0 Å². The van der Waals surface area contributed by atoms with E-state index in [2.05, 4.69) is 4.90 Å². The number of benzene rings is 1. The maximum Gasteiger partial charge on any atom is 0.345 e. The van der Waals surface area contributed by atoms with Crippen LogP contribution >= 0.6 is 11.8 Å². The molecule has 1 atom stereocenters. The molecule has 0 amide bonds. The first-order chi connectivity index (χ1) is 13.5. The van der Waals surface area contributed by atoms with E-state index in [1.165, 1.54) is 26.4 Å². The Morgan fingerprint density at radius 1 is 1.11 bits per heavy atom. The fourth-order valence-electron chi connectivity index (χ4n) is 3.34. The van der Waals surface area contributed by atoms with Gasteiger partial charge in [-0.05, 0) is 49.7 Å². The van der Waals surface area contributed by atoms with Crippen LogP contribution in [0.5, 0.6) is 0 Å². The number of esters is 2. The topological polar surface area (TPSA) is 99.0 Å². The molecule has 1 aromatic rings.